The molecule has 0 radical (unpaired) electrons. The minimum absolute atomic E-state index is 0.267. The largest absolute Gasteiger partial charge is 0.510 e. The van der Waals surface area contributed by atoms with E-state index in [1.54, 1.807) is 11.3 Å². The fourth-order valence-electron chi connectivity index (χ4n) is 2.75. The van der Waals surface area contributed by atoms with E-state index in [9.17, 15) is 5.11 Å². The summed E-state index contributed by atoms with van der Waals surface area (Å²) >= 11 is 1.55. The lowest BCUT2D eigenvalue weighted by molar-refractivity contribution is 0.347. The molecule has 0 bridgehead atoms. The second-order valence-electron chi connectivity index (χ2n) is 5.84. The van der Waals surface area contributed by atoms with E-state index in [4.69, 9.17) is 5.41 Å². The van der Waals surface area contributed by atoms with Crippen LogP contribution in [0.1, 0.15) is 27.6 Å². The average molecular weight is 327 g/mol. The topological polar surface area (TPSA) is 60.2 Å². The van der Waals surface area contributed by atoms with E-state index in [-0.39, 0.29) is 5.76 Å². The number of aromatic nitrogens is 1. The number of hydrogen-bond donors (Lipinski definition) is 2. The molecule has 2 heterocycles. The summed E-state index contributed by atoms with van der Waals surface area (Å²) in [7, 11) is 0. The van der Waals surface area contributed by atoms with Gasteiger partial charge in [-0.3, -0.25) is 5.41 Å². The molecule has 120 valence electrons. The molecule has 2 N–H and O–H groups in total. The van der Waals surface area contributed by atoms with Gasteiger partial charge in [-0.05, 0) is 32.3 Å². The number of benzene rings is 1. The van der Waals surface area contributed by atoms with Gasteiger partial charge in [-0.1, -0.05) is 30.3 Å². The maximum atomic E-state index is 10.3. The predicted octanol–water partition coefficient (Wildman–Crippen LogP) is 3.95. The highest BCUT2D eigenvalue weighted by molar-refractivity contribution is 7.13. The number of aliphatic hydroxyl groups is 1. The van der Waals surface area contributed by atoms with Crippen molar-refractivity contribution in [3.8, 4) is 0 Å². The lowest BCUT2D eigenvalue weighted by atomic mass is 10.1. The van der Waals surface area contributed by atoms with Gasteiger partial charge >= 0.3 is 0 Å². The molecular formula is C18H21N3OS. The minimum Gasteiger partial charge on any atom is -0.510 e. The fraction of sp³-hybridized carbons (Fsp3) is 0.333. The molecule has 0 fully saturated rings. The van der Waals surface area contributed by atoms with Crippen LogP contribution in [0.15, 0.2) is 36.1 Å². The van der Waals surface area contributed by atoms with Crippen molar-refractivity contribution in [2.45, 2.75) is 26.7 Å². The number of nitrogens with zero attached hydrogens (tertiary/aromatic N) is 2. The summed E-state index contributed by atoms with van der Waals surface area (Å²) in [5, 5.41) is 19.4. The predicted molar refractivity (Wildman–Crippen MR) is 95.2 cm³/mol. The number of aliphatic hydroxyl groups excluding tert-OH is 1. The van der Waals surface area contributed by atoms with E-state index < -0.39 is 0 Å². The van der Waals surface area contributed by atoms with Crippen LogP contribution in [0.4, 0.5) is 0 Å². The van der Waals surface area contributed by atoms with Crippen molar-refractivity contribution in [2.75, 3.05) is 13.1 Å². The Morgan fingerprint density at radius 3 is 2.65 bits per heavy atom. The SMILES string of the molecule is Cc1nc(C2=C(O)CN(CCCc3ccccc3)C2=N)sc1C. The van der Waals surface area contributed by atoms with Gasteiger partial charge in [0, 0.05) is 11.4 Å². The van der Waals surface area contributed by atoms with Crippen LogP contribution >= 0.6 is 11.3 Å². The molecule has 4 nitrogen and oxygen atoms in total. The van der Waals surface area contributed by atoms with E-state index in [0.29, 0.717) is 18.0 Å². The van der Waals surface area contributed by atoms with Gasteiger partial charge in [0.2, 0.25) is 0 Å². The first-order chi connectivity index (χ1) is 11.1. The number of nitrogens with one attached hydrogen (secondary N) is 1. The summed E-state index contributed by atoms with van der Waals surface area (Å²) < 4.78 is 0. The van der Waals surface area contributed by atoms with Crippen LogP contribution in [0.3, 0.4) is 0 Å². The lowest BCUT2D eigenvalue weighted by Crippen LogP contribution is -2.28. The van der Waals surface area contributed by atoms with Gasteiger partial charge in [0.05, 0.1) is 17.8 Å². The summed E-state index contributed by atoms with van der Waals surface area (Å²) in [4.78, 5) is 7.55. The zero-order chi connectivity index (χ0) is 16.4. The molecule has 0 atom stereocenters. The number of rotatable bonds is 5. The highest BCUT2D eigenvalue weighted by atomic mass is 32.1. The van der Waals surface area contributed by atoms with Crippen LogP contribution in [0.5, 0.6) is 0 Å². The maximum absolute atomic E-state index is 10.3. The second-order valence-corrected chi connectivity index (χ2v) is 7.04. The minimum atomic E-state index is 0.267. The Balaban J connectivity index is 1.63. The third-order valence-electron chi connectivity index (χ3n) is 4.16. The Morgan fingerprint density at radius 1 is 1.26 bits per heavy atom. The van der Waals surface area contributed by atoms with Crippen LogP contribution in [0, 0.1) is 19.3 Å². The molecule has 1 aromatic carbocycles. The fourth-order valence-corrected chi connectivity index (χ4v) is 3.73. The van der Waals surface area contributed by atoms with Gasteiger partial charge in [0.1, 0.15) is 16.6 Å². The van der Waals surface area contributed by atoms with Gasteiger partial charge in [-0.25, -0.2) is 4.98 Å². The van der Waals surface area contributed by atoms with Crippen molar-refractivity contribution in [1.82, 2.24) is 9.88 Å². The normalized spacial score (nSPS) is 14.9. The molecule has 0 unspecified atom stereocenters. The second kappa shape index (κ2) is 6.54. The van der Waals surface area contributed by atoms with Gasteiger partial charge in [0.15, 0.2) is 0 Å². The molecule has 0 aliphatic carbocycles. The van der Waals surface area contributed by atoms with Crippen molar-refractivity contribution in [3.05, 3.63) is 57.2 Å². The van der Waals surface area contributed by atoms with Gasteiger partial charge in [0.25, 0.3) is 0 Å². The van der Waals surface area contributed by atoms with Crippen LogP contribution < -0.4 is 0 Å². The van der Waals surface area contributed by atoms with Crippen molar-refractivity contribution in [2.24, 2.45) is 0 Å². The standard InChI is InChI=1S/C18H21N3OS/c1-12-13(2)23-18(20-12)16-15(22)11-21(17(16)19)10-6-9-14-7-4-3-5-8-14/h3-5,7-8,19,22H,6,9-11H2,1-2H3. The Kier molecular flexibility index (Phi) is 4.48. The third-order valence-corrected chi connectivity index (χ3v) is 5.25. The van der Waals surface area contributed by atoms with E-state index in [2.05, 4.69) is 17.1 Å². The van der Waals surface area contributed by atoms with Crippen molar-refractivity contribution in [1.29, 1.82) is 5.41 Å². The highest BCUT2D eigenvalue weighted by Gasteiger charge is 2.30. The highest BCUT2D eigenvalue weighted by Crippen LogP contribution is 2.31. The van der Waals surface area contributed by atoms with Gasteiger partial charge in [-0.15, -0.1) is 11.3 Å². The molecule has 5 heteroatoms. The molecular weight excluding hydrogens is 306 g/mol. The van der Waals surface area contributed by atoms with E-state index in [1.165, 1.54) is 5.56 Å². The van der Waals surface area contributed by atoms with Crippen LogP contribution in [0.25, 0.3) is 5.57 Å². The monoisotopic (exact) mass is 327 g/mol. The lowest BCUT2D eigenvalue weighted by Gasteiger charge is -2.18. The summed E-state index contributed by atoms with van der Waals surface area (Å²) in [6.07, 6.45) is 1.94. The third kappa shape index (κ3) is 3.29. The Bertz CT molecular complexity index is 729. The van der Waals surface area contributed by atoms with Gasteiger partial charge < -0.3 is 10.0 Å². The summed E-state index contributed by atoms with van der Waals surface area (Å²) in [6, 6.07) is 10.4. The van der Waals surface area contributed by atoms with Crippen molar-refractivity contribution < 1.29 is 5.11 Å². The molecule has 0 spiro atoms. The van der Waals surface area contributed by atoms with Crippen molar-refractivity contribution in [3.63, 3.8) is 0 Å². The summed E-state index contributed by atoms with van der Waals surface area (Å²) in [6.45, 7) is 5.17. The molecule has 2 aromatic rings. The first-order valence-corrected chi connectivity index (χ1v) is 8.62. The quantitative estimate of drug-likeness (QED) is 0.874. The molecule has 23 heavy (non-hydrogen) atoms. The Morgan fingerprint density at radius 2 is 2.00 bits per heavy atom. The smallest absolute Gasteiger partial charge is 0.135 e. The molecule has 1 aliphatic rings. The Labute approximate surface area is 140 Å². The molecule has 0 saturated heterocycles. The first kappa shape index (κ1) is 15.7. The van der Waals surface area contributed by atoms with Crippen LogP contribution in [-0.2, 0) is 6.42 Å². The van der Waals surface area contributed by atoms with Gasteiger partial charge in [-0.2, -0.15) is 0 Å². The molecule has 1 aromatic heterocycles. The maximum Gasteiger partial charge on any atom is 0.135 e. The number of aryl methyl sites for hydroxylation is 3. The molecule has 1 aliphatic heterocycles. The van der Waals surface area contributed by atoms with E-state index in [0.717, 1.165) is 35.0 Å². The molecule has 0 amide bonds. The van der Waals surface area contributed by atoms with Crippen LogP contribution in [0.2, 0.25) is 0 Å². The molecule has 0 saturated carbocycles. The molecule has 3 rings (SSSR count). The van der Waals surface area contributed by atoms with Crippen LogP contribution in [-0.4, -0.2) is 33.9 Å². The van der Waals surface area contributed by atoms with Crippen molar-refractivity contribution >= 4 is 22.7 Å². The summed E-state index contributed by atoms with van der Waals surface area (Å²) in [5.41, 5.74) is 2.88. The Hall–Kier alpha value is -2.14. The number of amidine groups is 1. The van der Waals surface area contributed by atoms with E-state index >= 15 is 0 Å². The zero-order valence-electron chi connectivity index (χ0n) is 13.5. The van der Waals surface area contributed by atoms with E-state index in [1.807, 2.05) is 36.9 Å². The number of hydrogen-bond acceptors (Lipinski definition) is 4. The number of thiazole rings is 1. The average Bonchev–Trinajstić information content (AvgIpc) is 3.00. The summed E-state index contributed by atoms with van der Waals surface area (Å²) in [5.74, 6) is 0.660. The zero-order valence-corrected chi connectivity index (χ0v) is 14.3. The first-order valence-electron chi connectivity index (χ1n) is 7.80.